The fraction of sp³-hybridized carbons (Fsp3) is 0.500. The van der Waals surface area contributed by atoms with Crippen LogP contribution in [0.2, 0.25) is 0 Å². The first kappa shape index (κ1) is 11.3. The maximum atomic E-state index is 5.67. The third-order valence-electron chi connectivity index (χ3n) is 3.45. The number of thiocarbonyl (C=S) groups is 1. The molecule has 1 aromatic heterocycles. The Bertz CT molecular complexity index is 399. The maximum Gasteiger partial charge on any atom is 0.106 e. The van der Waals surface area contributed by atoms with E-state index in [1.54, 1.807) is 12.4 Å². The molecule has 4 heteroatoms. The molecule has 0 bridgehead atoms. The summed E-state index contributed by atoms with van der Waals surface area (Å²) in [6.45, 7) is 3.23. The number of pyridine rings is 1. The van der Waals surface area contributed by atoms with Gasteiger partial charge in [0, 0.05) is 18.3 Å². The van der Waals surface area contributed by atoms with Gasteiger partial charge in [-0.15, -0.1) is 0 Å². The van der Waals surface area contributed by atoms with Gasteiger partial charge in [-0.1, -0.05) is 19.1 Å². The normalized spacial score (nSPS) is 16.8. The van der Waals surface area contributed by atoms with Crippen LogP contribution in [0.5, 0.6) is 0 Å². The Morgan fingerprint density at radius 3 is 2.94 bits per heavy atom. The smallest absolute Gasteiger partial charge is 0.106 e. The highest BCUT2D eigenvalue weighted by Gasteiger charge is 2.40. The van der Waals surface area contributed by atoms with Crippen LogP contribution in [0.15, 0.2) is 18.5 Å². The summed E-state index contributed by atoms with van der Waals surface area (Å²) in [7, 11) is 0. The largest absolute Gasteiger partial charge is 0.389 e. The zero-order valence-electron chi connectivity index (χ0n) is 9.49. The number of hydrogen-bond acceptors (Lipinski definition) is 3. The SMILES string of the molecule is CCC1(CNc2cnccc2C(N)=S)CC1. The van der Waals surface area contributed by atoms with Gasteiger partial charge >= 0.3 is 0 Å². The lowest BCUT2D eigenvalue weighted by Crippen LogP contribution is -2.18. The van der Waals surface area contributed by atoms with E-state index in [0.717, 1.165) is 17.8 Å². The van der Waals surface area contributed by atoms with Gasteiger partial charge in [0.2, 0.25) is 0 Å². The van der Waals surface area contributed by atoms with Crippen LogP contribution in [0.25, 0.3) is 0 Å². The molecule has 1 saturated carbocycles. The first-order valence-corrected chi connectivity index (χ1v) is 6.05. The number of nitrogens with zero attached hydrogens (tertiary/aromatic N) is 1. The van der Waals surface area contributed by atoms with Crippen molar-refractivity contribution in [2.24, 2.45) is 11.1 Å². The summed E-state index contributed by atoms with van der Waals surface area (Å²) in [6, 6.07) is 1.86. The van der Waals surface area contributed by atoms with Gasteiger partial charge in [-0.3, -0.25) is 4.98 Å². The molecule has 0 radical (unpaired) electrons. The minimum atomic E-state index is 0.422. The summed E-state index contributed by atoms with van der Waals surface area (Å²) >= 11 is 5.01. The Kier molecular flexibility index (Phi) is 3.10. The molecule has 0 atom stereocenters. The molecule has 0 unspecified atom stereocenters. The zero-order chi connectivity index (χ0) is 11.6. The summed E-state index contributed by atoms with van der Waals surface area (Å²) in [5.74, 6) is 0. The average molecular weight is 235 g/mol. The molecule has 1 fully saturated rings. The van der Waals surface area contributed by atoms with Crippen molar-refractivity contribution in [2.75, 3.05) is 11.9 Å². The van der Waals surface area contributed by atoms with Crippen LogP contribution in [0.1, 0.15) is 31.7 Å². The van der Waals surface area contributed by atoms with Crippen molar-refractivity contribution in [1.82, 2.24) is 4.98 Å². The van der Waals surface area contributed by atoms with Crippen molar-refractivity contribution in [1.29, 1.82) is 0 Å². The molecule has 1 aliphatic carbocycles. The minimum absolute atomic E-state index is 0.422. The lowest BCUT2D eigenvalue weighted by atomic mass is 10.0. The lowest BCUT2D eigenvalue weighted by molar-refractivity contribution is 0.521. The van der Waals surface area contributed by atoms with Crippen LogP contribution >= 0.6 is 12.2 Å². The molecule has 0 aliphatic heterocycles. The number of rotatable bonds is 5. The maximum absolute atomic E-state index is 5.67. The Morgan fingerprint density at radius 1 is 1.62 bits per heavy atom. The molecule has 1 heterocycles. The number of hydrogen-bond donors (Lipinski definition) is 2. The Hall–Kier alpha value is -1.16. The fourth-order valence-corrected chi connectivity index (χ4v) is 2.04. The molecular formula is C12H17N3S. The second kappa shape index (κ2) is 4.37. The number of aromatic nitrogens is 1. The van der Waals surface area contributed by atoms with Gasteiger partial charge in [0.25, 0.3) is 0 Å². The van der Waals surface area contributed by atoms with E-state index in [-0.39, 0.29) is 0 Å². The summed E-state index contributed by atoms with van der Waals surface area (Å²) in [5.41, 5.74) is 8.01. The molecule has 0 aromatic carbocycles. The van der Waals surface area contributed by atoms with E-state index >= 15 is 0 Å². The lowest BCUT2D eigenvalue weighted by Gasteiger charge is -2.16. The molecule has 3 N–H and O–H groups in total. The first-order chi connectivity index (χ1) is 7.67. The van der Waals surface area contributed by atoms with Crippen molar-refractivity contribution in [3.63, 3.8) is 0 Å². The average Bonchev–Trinajstić information content (AvgIpc) is 3.07. The Balaban J connectivity index is 2.06. The Labute approximate surface area is 101 Å². The van der Waals surface area contributed by atoms with E-state index in [1.165, 1.54) is 19.3 Å². The van der Waals surface area contributed by atoms with Crippen LogP contribution in [-0.4, -0.2) is 16.5 Å². The molecule has 3 nitrogen and oxygen atoms in total. The van der Waals surface area contributed by atoms with Crippen LogP contribution < -0.4 is 11.1 Å². The van der Waals surface area contributed by atoms with Crippen molar-refractivity contribution in [3.8, 4) is 0 Å². The molecule has 1 aromatic rings. The summed E-state index contributed by atoms with van der Waals surface area (Å²) in [5, 5.41) is 3.42. The van der Waals surface area contributed by atoms with E-state index in [4.69, 9.17) is 18.0 Å². The van der Waals surface area contributed by atoms with E-state index in [0.29, 0.717) is 10.4 Å². The third-order valence-corrected chi connectivity index (χ3v) is 3.67. The molecular weight excluding hydrogens is 218 g/mol. The van der Waals surface area contributed by atoms with Gasteiger partial charge < -0.3 is 11.1 Å². The monoisotopic (exact) mass is 235 g/mol. The van der Waals surface area contributed by atoms with Crippen LogP contribution in [-0.2, 0) is 0 Å². The second-order valence-corrected chi connectivity index (χ2v) is 4.93. The molecule has 0 saturated heterocycles. The molecule has 1 aliphatic rings. The molecule has 2 rings (SSSR count). The van der Waals surface area contributed by atoms with E-state index < -0.39 is 0 Å². The summed E-state index contributed by atoms with van der Waals surface area (Å²) in [4.78, 5) is 4.52. The Morgan fingerprint density at radius 2 is 2.38 bits per heavy atom. The van der Waals surface area contributed by atoms with Crippen LogP contribution in [0.3, 0.4) is 0 Å². The number of nitrogens with one attached hydrogen (secondary N) is 1. The van der Waals surface area contributed by atoms with Gasteiger partial charge in [0.05, 0.1) is 11.9 Å². The van der Waals surface area contributed by atoms with E-state index in [1.807, 2.05) is 6.07 Å². The molecule has 86 valence electrons. The third kappa shape index (κ3) is 2.32. The number of nitrogens with two attached hydrogens (primary N) is 1. The molecule has 0 spiro atoms. The van der Waals surface area contributed by atoms with Crippen molar-refractivity contribution in [2.45, 2.75) is 26.2 Å². The van der Waals surface area contributed by atoms with Gasteiger partial charge in [-0.25, -0.2) is 0 Å². The summed E-state index contributed by atoms with van der Waals surface area (Å²) < 4.78 is 0. The van der Waals surface area contributed by atoms with Crippen LogP contribution in [0, 0.1) is 5.41 Å². The van der Waals surface area contributed by atoms with Gasteiger partial charge in [0.15, 0.2) is 0 Å². The molecule has 0 amide bonds. The van der Waals surface area contributed by atoms with Gasteiger partial charge in [-0.2, -0.15) is 0 Å². The van der Waals surface area contributed by atoms with E-state index in [2.05, 4.69) is 17.2 Å². The van der Waals surface area contributed by atoms with E-state index in [9.17, 15) is 0 Å². The standard InChI is InChI=1S/C12H17N3S/c1-2-12(4-5-12)8-15-10-7-14-6-3-9(10)11(13)16/h3,6-7,15H,2,4-5,8H2,1H3,(H2,13,16). The number of anilines is 1. The first-order valence-electron chi connectivity index (χ1n) is 5.64. The van der Waals surface area contributed by atoms with Gasteiger partial charge in [0.1, 0.15) is 4.99 Å². The topological polar surface area (TPSA) is 50.9 Å². The highest BCUT2D eigenvalue weighted by molar-refractivity contribution is 7.80. The summed E-state index contributed by atoms with van der Waals surface area (Å²) in [6.07, 6.45) is 7.37. The highest BCUT2D eigenvalue weighted by Crippen LogP contribution is 2.48. The van der Waals surface area contributed by atoms with Crippen LogP contribution in [0.4, 0.5) is 5.69 Å². The second-order valence-electron chi connectivity index (χ2n) is 4.49. The fourth-order valence-electron chi connectivity index (χ4n) is 1.87. The predicted molar refractivity (Wildman–Crippen MR) is 70.6 cm³/mol. The minimum Gasteiger partial charge on any atom is -0.389 e. The molecule has 16 heavy (non-hydrogen) atoms. The quantitative estimate of drug-likeness (QED) is 0.769. The van der Waals surface area contributed by atoms with Crippen molar-refractivity contribution >= 4 is 22.9 Å². The van der Waals surface area contributed by atoms with Crippen molar-refractivity contribution in [3.05, 3.63) is 24.0 Å². The zero-order valence-corrected chi connectivity index (χ0v) is 10.3. The van der Waals surface area contributed by atoms with Crippen molar-refractivity contribution < 1.29 is 0 Å². The van der Waals surface area contributed by atoms with Gasteiger partial charge in [-0.05, 0) is 30.7 Å². The highest BCUT2D eigenvalue weighted by atomic mass is 32.1. The predicted octanol–water partition coefficient (Wildman–Crippen LogP) is 2.32.